The van der Waals surface area contributed by atoms with E-state index in [1.807, 2.05) is 6.07 Å². The second-order valence-corrected chi connectivity index (χ2v) is 3.59. The summed E-state index contributed by atoms with van der Waals surface area (Å²) >= 11 is 5.83. The molecule has 5 nitrogen and oxygen atoms in total. The molecule has 0 bridgehead atoms. The molecule has 0 fully saturated rings. The molecule has 82 valence electrons. The van der Waals surface area contributed by atoms with Crippen molar-refractivity contribution in [2.45, 2.75) is 6.42 Å². The fourth-order valence-electron chi connectivity index (χ4n) is 1.26. The maximum absolute atomic E-state index is 10.5. The summed E-state index contributed by atoms with van der Waals surface area (Å²) in [5, 5.41) is 13.2. The molecule has 0 atom stereocenters. The van der Waals surface area contributed by atoms with E-state index in [-0.39, 0.29) is 12.2 Å². The van der Waals surface area contributed by atoms with E-state index in [1.165, 1.54) is 11.0 Å². The van der Waals surface area contributed by atoms with E-state index in [0.29, 0.717) is 5.02 Å². The van der Waals surface area contributed by atoms with Gasteiger partial charge in [-0.05, 0) is 18.2 Å². The molecule has 0 aliphatic rings. The van der Waals surface area contributed by atoms with Crippen LogP contribution < -0.4 is 0 Å². The maximum Gasteiger partial charge on any atom is 0.311 e. The summed E-state index contributed by atoms with van der Waals surface area (Å²) in [5.41, 5.74) is 0.747. The van der Waals surface area contributed by atoms with Crippen LogP contribution in [0.3, 0.4) is 0 Å². The Kier molecular flexibility index (Phi) is 2.87. The van der Waals surface area contributed by atoms with Gasteiger partial charge in [0.2, 0.25) is 0 Å². The molecule has 1 aromatic heterocycles. The van der Waals surface area contributed by atoms with Gasteiger partial charge in [0, 0.05) is 5.02 Å². The number of carboxylic acid groups (broad SMARTS) is 1. The number of carbonyl (C=O) groups is 1. The Morgan fingerprint density at radius 3 is 3.00 bits per heavy atom. The van der Waals surface area contributed by atoms with Crippen LogP contribution in [-0.4, -0.2) is 25.8 Å². The van der Waals surface area contributed by atoms with Gasteiger partial charge in [0.1, 0.15) is 12.7 Å². The van der Waals surface area contributed by atoms with Crippen molar-refractivity contribution in [3.63, 3.8) is 0 Å². The van der Waals surface area contributed by atoms with Gasteiger partial charge in [-0.1, -0.05) is 17.7 Å². The molecule has 0 unspecified atom stereocenters. The van der Waals surface area contributed by atoms with Gasteiger partial charge in [-0.15, -0.1) is 0 Å². The molecule has 0 amide bonds. The van der Waals surface area contributed by atoms with Crippen LogP contribution in [0.5, 0.6) is 0 Å². The van der Waals surface area contributed by atoms with Gasteiger partial charge in [0.15, 0.2) is 5.82 Å². The Labute approximate surface area is 96.3 Å². The van der Waals surface area contributed by atoms with Gasteiger partial charge >= 0.3 is 5.97 Å². The minimum atomic E-state index is -0.955. The Morgan fingerprint density at radius 1 is 1.50 bits per heavy atom. The van der Waals surface area contributed by atoms with E-state index in [4.69, 9.17) is 16.7 Å². The minimum Gasteiger partial charge on any atom is -0.481 e. The quantitative estimate of drug-likeness (QED) is 0.880. The predicted molar refractivity (Wildman–Crippen MR) is 57.7 cm³/mol. The lowest BCUT2D eigenvalue weighted by Gasteiger charge is -1.99. The van der Waals surface area contributed by atoms with Crippen LogP contribution in [0.1, 0.15) is 5.82 Å². The first-order valence-corrected chi connectivity index (χ1v) is 4.91. The van der Waals surface area contributed by atoms with Crippen molar-refractivity contribution in [1.82, 2.24) is 14.8 Å². The zero-order valence-corrected chi connectivity index (χ0v) is 8.92. The summed E-state index contributed by atoms with van der Waals surface area (Å²) in [4.78, 5) is 14.3. The van der Waals surface area contributed by atoms with Crippen molar-refractivity contribution in [2.75, 3.05) is 0 Å². The minimum absolute atomic E-state index is 0.187. The van der Waals surface area contributed by atoms with Gasteiger partial charge in [0.05, 0.1) is 5.69 Å². The first-order chi connectivity index (χ1) is 7.65. The summed E-state index contributed by atoms with van der Waals surface area (Å²) in [6, 6.07) is 7.07. The lowest BCUT2D eigenvalue weighted by molar-refractivity contribution is -0.136. The lowest BCUT2D eigenvalue weighted by atomic mass is 10.3. The molecule has 0 aliphatic carbocycles. The number of hydrogen-bond donors (Lipinski definition) is 1. The lowest BCUT2D eigenvalue weighted by Crippen LogP contribution is -2.03. The second-order valence-electron chi connectivity index (χ2n) is 3.16. The third kappa shape index (κ3) is 2.38. The van der Waals surface area contributed by atoms with Crippen LogP contribution in [0.4, 0.5) is 0 Å². The van der Waals surface area contributed by atoms with Crippen LogP contribution in [0.2, 0.25) is 5.02 Å². The van der Waals surface area contributed by atoms with Gasteiger partial charge in [0.25, 0.3) is 0 Å². The summed E-state index contributed by atoms with van der Waals surface area (Å²) < 4.78 is 1.49. The molecule has 0 radical (unpaired) electrons. The summed E-state index contributed by atoms with van der Waals surface area (Å²) in [7, 11) is 0. The molecule has 1 heterocycles. The third-order valence-electron chi connectivity index (χ3n) is 1.92. The largest absolute Gasteiger partial charge is 0.481 e. The molecule has 16 heavy (non-hydrogen) atoms. The molecule has 2 rings (SSSR count). The average molecular weight is 238 g/mol. The fourth-order valence-corrected chi connectivity index (χ4v) is 1.44. The van der Waals surface area contributed by atoms with E-state index in [1.54, 1.807) is 18.2 Å². The number of benzene rings is 1. The van der Waals surface area contributed by atoms with Crippen molar-refractivity contribution in [3.05, 3.63) is 41.4 Å². The topological polar surface area (TPSA) is 68.0 Å². The van der Waals surface area contributed by atoms with Crippen molar-refractivity contribution in [2.24, 2.45) is 0 Å². The molecule has 0 saturated heterocycles. The van der Waals surface area contributed by atoms with Crippen LogP contribution in [0.25, 0.3) is 5.69 Å². The molecular formula is C10H8ClN3O2. The third-order valence-corrected chi connectivity index (χ3v) is 2.16. The number of halogens is 1. The van der Waals surface area contributed by atoms with Gasteiger partial charge in [-0.2, -0.15) is 5.10 Å². The molecule has 0 aliphatic heterocycles. The van der Waals surface area contributed by atoms with E-state index in [0.717, 1.165) is 5.69 Å². The molecule has 2 aromatic rings. The van der Waals surface area contributed by atoms with E-state index < -0.39 is 5.97 Å². The highest BCUT2D eigenvalue weighted by Crippen LogP contribution is 2.13. The first-order valence-electron chi connectivity index (χ1n) is 4.53. The highest BCUT2D eigenvalue weighted by atomic mass is 35.5. The number of hydrogen-bond acceptors (Lipinski definition) is 3. The Bertz CT molecular complexity index is 524. The van der Waals surface area contributed by atoms with Crippen molar-refractivity contribution in [3.8, 4) is 5.69 Å². The van der Waals surface area contributed by atoms with Crippen LogP contribution in [-0.2, 0) is 11.2 Å². The molecule has 0 saturated carbocycles. The molecule has 1 aromatic carbocycles. The Hall–Kier alpha value is -1.88. The number of aromatic nitrogens is 3. The Morgan fingerprint density at radius 2 is 2.31 bits per heavy atom. The molecular weight excluding hydrogens is 230 g/mol. The fraction of sp³-hybridized carbons (Fsp3) is 0.100. The standard InChI is InChI=1S/C10H8ClN3O2/c11-7-2-1-3-8(4-7)14-6-12-9(13-14)5-10(15)16/h1-4,6H,5H2,(H,15,16). The molecule has 0 spiro atoms. The van der Waals surface area contributed by atoms with E-state index in [2.05, 4.69) is 10.1 Å². The van der Waals surface area contributed by atoms with Crippen LogP contribution in [0, 0.1) is 0 Å². The number of carboxylic acids is 1. The summed E-state index contributed by atoms with van der Waals surface area (Å²) in [6.07, 6.45) is 1.28. The summed E-state index contributed by atoms with van der Waals surface area (Å²) in [5.74, 6) is -0.684. The second kappa shape index (κ2) is 4.32. The normalized spacial score (nSPS) is 10.3. The smallest absolute Gasteiger partial charge is 0.311 e. The number of aliphatic carboxylic acids is 1. The number of nitrogens with zero attached hydrogens (tertiary/aromatic N) is 3. The monoisotopic (exact) mass is 237 g/mol. The van der Waals surface area contributed by atoms with Gasteiger partial charge < -0.3 is 5.11 Å². The Balaban J connectivity index is 2.28. The zero-order chi connectivity index (χ0) is 11.5. The highest BCUT2D eigenvalue weighted by Gasteiger charge is 2.06. The maximum atomic E-state index is 10.5. The highest BCUT2D eigenvalue weighted by molar-refractivity contribution is 6.30. The summed E-state index contributed by atoms with van der Waals surface area (Å²) in [6.45, 7) is 0. The van der Waals surface area contributed by atoms with Crippen LogP contribution in [0.15, 0.2) is 30.6 Å². The van der Waals surface area contributed by atoms with E-state index >= 15 is 0 Å². The molecule has 1 N–H and O–H groups in total. The van der Waals surface area contributed by atoms with E-state index in [9.17, 15) is 4.79 Å². The van der Waals surface area contributed by atoms with Gasteiger partial charge in [-0.25, -0.2) is 9.67 Å². The average Bonchev–Trinajstić information content (AvgIpc) is 2.65. The zero-order valence-electron chi connectivity index (χ0n) is 8.17. The SMILES string of the molecule is O=C(O)Cc1ncn(-c2cccc(Cl)c2)n1. The first kappa shape index (κ1) is 10.6. The van der Waals surface area contributed by atoms with Crippen molar-refractivity contribution < 1.29 is 9.90 Å². The van der Waals surface area contributed by atoms with Gasteiger partial charge in [-0.3, -0.25) is 4.79 Å². The van der Waals surface area contributed by atoms with Crippen molar-refractivity contribution >= 4 is 17.6 Å². The number of rotatable bonds is 3. The molecule has 6 heteroatoms. The predicted octanol–water partition coefficient (Wildman–Crippen LogP) is 1.55. The van der Waals surface area contributed by atoms with Crippen LogP contribution >= 0.6 is 11.6 Å². The van der Waals surface area contributed by atoms with Crippen molar-refractivity contribution in [1.29, 1.82) is 0 Å².